The Kier molecular flexibility index (Phi) is 6.38. The molecular weight excluding hydrogens is 486 g/mol. The summed E-state index contributed by atoms with van der Waals surface area (Å²) in [6.45, 7) is 5.68. The summed E-state index contributed by atoms with van der Waals surface area (Å²) in [5.41, 5.74) is 4.26. The average molecular weight is 520 g/mol. The summed E-state index contributed by atoms with van der Waals surface area (Å²) in [5.74, 6) is 0.422. The zero-order chi connectivity index (χ0) is 25.6. The lowest BCUT2D eigenvalue weighted by Crippen LogP contribution is -2.44. The van der Waals surface area contributed by atoms with Crippen molar-refractivity contribution in [1.82, 2.24) is 23.6 Å². The number of ether oxygens (including phenoxy) is 1. The van der Waals surface area contributed by atoms with Gasteiger partial charge in [-0.3, -0.25) is 9.58 Å². The van der Waals surface area contributed by atoms with Gasteiger partial charge in [-0.2, -0.15) is 5.10 Å². The third kappa shape index (κ3) is 4.49. The molecule has 37 heavy (non-hydrogen) atoms. The first kappa shape index (κ1) is 24.3. The zero-order valence-corrected chi connectivity index (χ0v) is 22.2. The van der Waals surface area contributed by atoms with Crippen LogP contribution >= 0.6 is 0 Å². The normalized spacial score (nSPS) is 21.5. The SMILES string of the molecule is Cc1nn(C)cc1-c1cn(S(=O)(=O)c2ccccc2)c2ncc(C3CCC(N4CCOCC4)CC3)cc12. The Bertz CT molecular complexity index is 1510. The Morgan fingerprint density at radius 1 is 0.973 bits per heavy atom. The molecule has 2 fully saturated rings. The van der Waals surface area contributed by atoms with Gasteiger partial charge in [0.1, 0.15) is 0 Å². The van der Waals surface area contributed by atoms with Gasteiger partial charge >= 0.3 is 0 Å². The monoisotopic (exact) mass is 519 g/mol. The first-order chi connectivity index (χ1) is 17.9. The number of pyridine rings is 1. The Morgan fingerprint density at radius 2 is 1.70 bits per heavy atom. The minimum absolute atomic E-state index is 0.244. The topological polar surface area (TPSA) is 82.2 Å². The highest BCUT2D eigenvalue weighted by atomic mass is 32.2. The fourth-order valence-electron chi connectivity index (χ4n) is 6.00. The molecule has 1 aliphatic carbocycles. The molecule has 0 radical (unpaired) electrons. The minimum atomic E-state index is -3.81. The van der Waals surface area contributed by atoms with Crippen molar-refractivity contribution < 1.29 is 13.2 Å². The van der Waals surface area contributed by atoms with Crippen molar-refractivity contribution >= 4 is 21.1 Å². The minimum Gasteiger partial charge on any atom is -0.379 e. The highest BCUT2D eigenvalue weighted by Crippen LogP contribution is 2.39. The maximum Gasteiger partial charge on any atom is 0.269 e. The first-order valence-electron chi connectivity index (χ1n) is 13.1. The fourth-order valence-corrected chi connectivity index (χ4v) is 7.35. The lowest BCUT2D eigenvalue weighted by atomic mass is 9.81. The van der Waals surface area contributed by atoms with E-state index in [4.69, 9.17) is 9.72 Å². The van der Waals surface area contributed by atoms with Crippen molar-refractivity contribution in [3.8, 4) is 11.1 Å². The summed E-state index contributed by atoms with van der Waals surface area (Å²) in [4.78, 5) is 7.60. The highest BCUT2D eigenvalue weighted by Gasteiger charge is 2.29. The Hall–Kier alpha value is -3.01. The maximum atomic E-state index is 13.6. The molecule has 2 aliphatic rings. The molecule has 6 rings (SSSR count). The number of fused-ring (bicyclic) bond motifs is 1. The zero-order valence-electron chi connectivity index (χ0n) is 21.4. The molecule has 0 N–H and O–H groups in total. The van der Waals surface area contributed by atoms with Gasteiger partial charge in [0.15, 0.2) is 5.65 Å². The van der Waals surface area contributed by atoms with Gasteiger partial charge in [-0.1, -0.05) is 18.2 Å². The van der Waals surface area contributed by atoms with Crippen molar-refractivity contribution in [3.05, 3.63) is 66.2 Å². The standard InChI is InChI=1S/C28H33N5O3S/c1-20-26(18-31(2)30-20)27-19-33(37(34,35)24-6-4-3-5-7-24)28-25(27)16-22(17-29-28)21-8-10-23(11-9-21)32-12-14-36-15-13-32/h3-7,16-19,21,23H,8-15H2,1-2H3. The molecule has 9 heteroatoms. The largest absolute Gasteiger partial charge is 0.379 e. The Morgan fingerprint density at radius 3 is 2.38 bits per heavy atom. The predicted octanol–water partition coefficient (Wildman–Crippen LogP) is 4.34. The molecule has 3 aromatic heterocycles. The average Bonchev–Trinajstić information content (AvgIpc) is 3.48. The van der Waals surface area contributed by atoms with Gasteiger partial charge in [-0.05, 0) is 62.3 Å². The molecule has 4 heterocycles. The Balaban J connectivity index is 1.39. The second-order valence-corrected chi connectivity index (χ2v) is 12.1. The van der Waals surface area contributed by atoms with E-state index in [0.29, 0.717) is 17.6 Å². The van der Waals surface area contributed by atoms with Crippen LogP contribution in [0.1, 0.15) is 42.9 Å². The van der Waals surface area contributed by atoms with Crippen LogP contribution in [-0.4, -0.2) is 64.4 Å². The van der Waals surface area contributed by atoms with Gasteiger partial charge < -0.3 is 4.74 Å². The quantitative estimate of drug-likeness (QED) is 0.390. The summed E-state index contributed by atoms with van der Waals surface area (Å²) < 4.78 is 35.9. The predicted molar refractivity (Wildman–Crippen MR) is 143 cm³/mol. The van der Waals surface area contributed by atoms with Crippen LogP contribution in [0.2, 0.25) is 0 Å². The van der Waals surface area contributed by atoms with Gasteiger partial charge in [0.2, 0.25) is 0 Å². The number of hydrogen-bond acceptors (Lipinski definition) is 6. The number of nitrogens with zero attached hydrogens (tertiary/aromatic N) is 5. The summed E-state index contributed by atoms with van der Waals surface area (Å²) >= 11 is 0. The van der Waals surface area contributed by atoms with E-state index >= 15 is 0 Å². The van der Waals surface area contributed by atoms with Gasteiger partial charge in [-0.15, -0.1) is 0 Å². The summed E-state index contributed by atoms with van der Waals surface area (Å²) in [5, 5.41) is 5.36. The van der Waals surface area contributed by atoms with E-state index in [1.807, 2.05) is 32.4 Å². The van der Waals surface area contributed by atoms with Crippen LogP contribution < -0.4 is 0 Å². The van der Waals surface area contributed by atoms with E-state index in [0.717, 1.165) is 61.4 Å². The van der Waals surface area contributed by atoms with Crippen LogP contribution in [0.15, 0.2) is 59.9 Å². The van der Waals surface area contributed by atoms with Crippen LogP contribution in [0, 0.1) is 6.92 Å². The maximum absolute atomic E-state index is 13.6. The first-order valence-corrected chi connectivity index (χ1v) is 14.5. The summed E-state index contributed by atoms with van der Waals surface area (Å²) in [6.07, 6.45) is 10.1. The van der Waals surface area contributed by atoms with E-state index in [2.05, 4.69) is 16.1 Å². The van der Waals surface area contributed by atoms with Gasteiger partial charge in [0.05, 0.1) is 23.8 Å². The van der Waals surface area contributed by atoms with E-state index in [1.54, 1.807) is 35.1 Å². The number of morpholine rings is 1. The molecule has 1 saturated carbocycles. The van der Waals surface area contributed by atoms with Crippen molar-refractivity contribution in [2.75, 3.05) is 26.3 Å². The second-order valence-electron chi connectivity index (χ2n) is 10.3. The van der Waals surface area contributed by atoms with Crippen molar-refractivity contribution in [1.29, 1.82) is 0 Å². The molecule has 0 bridgehead atoms. The van der Waals surface area contributed by atoms with Crippen molar-refractivity contribution in [2.45, 2.75) is 49.5 Å². The molecule has 194 valence electrons. The fraction of sp³-hybridized carbons (Fsp3) is 0.429. The number of hydrogen-bond donors (Lipinski definition) is 0. The second kappa shape index (κ2) is 9.70. The summed E-state index contributed by atoms with van der Waals surface area (Å²) in [7, 11) is -1.92. The van der Waals surface area contributed by atoms with E-state index < -0.39 is 10.0 Å². The molecule has 0 spiro atoms. The van der Waals surface area contributed by atoms with Gasteiger partial charge in [0.25, 0.3) is 10.0 Å². The summed E-state index contributed by atoms with van der Waals surface area (Å²) in [6, 6.07) is 11.3. The van der Waals surface area contributed by atoms with E-state index in [9.17, 15) is 8.42 Å². The molecule has 1 saturated heterocycles. The van der Waals surface area contributed by atoms with Crippen LogP contribution in [0.3, 0.4) is 0 Å². The molecular formula is C28H33N5O3S. The highest BCUT2D eigenvalue weighted by molar-refractivity contribution is 7.90. The van der Waals surface area contributed by atoms with E-state index in [-0.39, 0.29) is 4.90 Å². The van der Waals surface area contributed by atoms with Gasteiger partial charge in [-0.25, -0.2) is 17.4 Å². The van der Waals surface area contributed by atoms with Crippen LogP contribution in [0.5, 0.6) is 0 Å². The van der Waals surface area contributed by atoms with Crippen LogP contribution in [-0.2, 0) is 21.8 Å². The van der Waals surface area contributed by atoms with Crippen molar-refractivity contribution in [2.24, 2.45) is 7.05 Å². The van der Waals surface area contributed by atoms with Crippen LogP contribution in [0.25, 0.3) is 22.2 Å². The molecule has 0 amide bonds. The lowest BCUT2D eigenvalue weighted by molar-refractivity contribution is 0.00729. The number of rotatable bonds is 5. The molecule has 1 aliphatic heterocycles. The van der Waals surface area contributed by atoms with E-state index in [1.165, 1.54) is 22.4 Å². The number of aryl methyl sites for hydroxylation is 2. The van der Waals surface area contributed by atoms with Crippen LogP contribution in [0.4, 0.5) is 0 Å². The molecule has 0 atom stereocenters. The lowest BCUT2D eigenvalue weighted by Gasteiger charge is -2.38. The smallest absolute Gasteiger partial charge is 0.269 e. The number of benzene rings is 1. The third-order valence-electron chi connectivity index (χ3n) is 7.97. The molecule has 0 unspecified atom stereocenters. The molecule has 8 nitrogen and oxygen atoms in total. The Labute approximate surface area is 217 Å². The number of aromatic nitrogens is 4. The molecule has 4 aromatic rings. The molecule has 1 aromatic carbocycles. The van der Waals surface area contributed by atoms with Crippen molar-refractivity contribution in [3.63, 3.8) is 0 Å². The van der Waals surface area contributed by atoms with Gasteiger partial charge in [0, 0.05) is 61.3 Å². The third-order valence-corrected chi connectivity index (χ3v) is 9.63.